The molecule has 9 heteroatoms. The monoisotopic (exact) mass is 445 g/mol. The van der Waals surface area contributed by atoms with Crippen LogP contribution in [0.1, 0.15) is 15.9 Å². The molecule has 0 saturated carbocycles. The lowest BCUT2D eigenvalue weighted by Gasteiger charge is -2.17. The van der Waals surface area contributed by atoms with Gasteiger partial charge in [-0.05, 0) is 42.0 Å². The molecule has 0 fully saturated rings. The second-order valence-electron chi connectivity index (χ2n) is 7.34. The summed E-state index contributed by atoms with van der Waals surface area (Å²) in [6.07, 6.45) is 3.53. The van der Waals surface area contributed by atoms with Gasteiger partial charge in [0.2, 0.25) is 5.91 Å². The lowest BCUT2D eigenvalue weighted by atomic mass is 10.0. The Kier molecular flexibility index (Phi) is 6.21. The number of primary amides is 1. The Hall–Kier alpha value is -4.40. The van der Waals surface area contributed by atoms with E-state index in [1.807, 2.05) is 18.2 Å². The minimum atomic E-state index is -0.926. The molecule has 0 aliphatic carbocycles. The number of nitrogens with zero attached hydrogens (tertiary/aromatic N) is 2. The number of carbonyl (C=O) groups excluding carboxylic acids is 2. The fourth-order valence-corrected chi connectivity index (χ4v) is 3.56. The van der Waals surface area contributed by atoms with Crippen molar-refractivity contribution >= 4 is 22.8 Å². The van der Waals surface area contributed by atoms with Crippen LogP contribution in [0.3, 0.4) is 0 Å². The van der Waals surface area contributed by atoms with Crippen LogP contribution in [0.25, 0.3) is 22.4 Å². The number of amides is 2. The Balaban J connectivity index is 1.59. The topological polar surface area (TPSA) is 132 Å². The molecule has 0 radical (unpaired) electrons. The molecule has 168 valence electrons. The van der Waals surface area contributed by atoms with Crippen LogP contribution < -0.4 is 20.5 Å². The van der Waals surface area contributed by atoms with Crippen LogP contribution in [0.5, 0.6) is 11.5 Å². The lowest BCUT2D eigenvalue weighted by Crippen LogP contribution is -2.45. The molecular weight excluding hydrogens is 422 g/mol. The summed E-state index contributed by atoms with van der Waals surface area (Å²) in [7, 11) is 3.07. The molecule has 9 nitrogen and oxygen atoms in total. The third-order valence-electron chi connectivity index (χ3n) is 5.25. The first-order chi connectivity index (χ1) is 16.0. The summed E-state index contributed by atoms with van der Waals surface area (Å²) >= 11 is 0. The average molecular weight is 445 g/mol. The highest BCUT2D eigenvalue weighted by Crippen LogP contribution is 2.28. The number of aromatic nitrogens is 3. The quantitative estimate of drug-likeness (QED) is 0.382. The molecule has 2 aromatic heterocycles. The van der Waals surface area contributed by atoms with E-state index in [9.17, 15) is 9.59 Å². The smallest absolute Gasteiger partial charge is 0.254 e. The molecular formula is C24H23N5O4. The molecule has 0 bridgehead atoms. The number of fused-ring (bicyclic) bond motifs is 1. The van der Waals surface area contributed by atoms with Crippen molar-refractivity contribution in [3.8, 4) is 22.9 Å². The third-order valence-corrected chi connectivity index (χ3v) is 5.25. The highest BCUT2D eigenvalue weighted by molar-refractivity contribution is 6.06. The van der Waals surface area contributed by atoms with Crippen LogP contribution in [0, 0.1) is 0 Å². The van der Waals surface area contributed by atoms with Crippen molar-refractivity contribution in [1.29, 1.82) is 0 Å². The van der Waals surface area contributed by atoms with E-state index in [0.29, 0.717) is 33.9 Å². The van der Waals surface area contributed by atoms with Gasteiger partial charge in [0.05, 0.1) is 25.3 Å². The van der Waals surface area contributed by atoms with Gasteiger partial charge < -0.3 is 25.5 Å². The Morgan fingerprint density at radius 2 is 1.82 bits per heavy atom. The van der Waals surface area contributed by atoms with Gasteiger partial charge in [0.25, 0.3) is 5.91 Å². The SMILES string of the molecule is COc1ccc(CC(NC(=O)c2cccc3[nH]c(-c4ccncc4)nc23)C(N)=O)cc1OC. The molecule has 2 amide bonds. The number of hydrogen-bond acceptors (Lipinski definition) is 6. The van der Waals surface area contributed by atoms with Crippen LogP contribution in [0.15, 0.2) is 60.9 Å². The number of nitrogens with one attached hydrogen (secondary N) is 2. The molecule has 0 aliphatic heterocycles. The molecule has 0 saturated heterocycles. The summed E-state index contributed by atoms with van der Waals surface area (Å²) < 4.78 is 10.6. The predicted octanol–water partition coefficient (Wildman–Crippen LogP) is 2.47. The number of nitrogens with two attached hydrogens (primary N) is 1. The first kappa shape index (κ1) is 21.8. The molecule has 33 heavy (non-hydrogen) atoms. The van der Waals surface area contributed by atoms with Gasteiger partial charge in [0, 0.05) is 24.4 Å². The Morgan fingerprint density at radius 3 is 2.52 bits per heavy atom. The van der Waals surface area contributed by atoms with Gasteiger partial charge in [0.15, 0.2) is 11.5 Å². The van der Waals surface area contributed by atoms with E-state index in [0.717, 1.165) is 11.1 Å². The zero-order valence-electron chi connectivity index (χ0n) is 18.2. The van der Waals surface area contributed by atoms with E-state index in [1.165, 1.54) is 7.11 Å². The second kappa shape index (κ2) is 9.39. The number of imidazole rings is 1. The number of H-pyrrole nitrogens is 1. The number of benzene rings is 2. The summed E-state index contributed by atoms with van der Waals surface area (Å²) in [5.74, 6) is 0.609. The number of para-hydroxylation sites is 1. The molecule has 2 heterocycles. The zero-order chi connectivity index (χ0) is 23.4. The van der Waals surface area contributed by atoms with Crippen molar-refractivity contribution in [2.75, 3.05) is 14.2 Å². The summed E-state index contributed by atoms with van der Waals surface area (Å²) in [4.78, 5) is 37.0. The van der Waals surface area contributed by atoms with Crippen LogP contribution in [-0.2, 0) is 11.2 Å². The van der Waals surface area contributed by atoms with Crippen LogP contribution in [0.2, 0.25) is 0 Å². The summed E-state index contributed by atoms with van der Waals surface area (Å²) in [5, 5.41) is 2.74. The van der Waals surface area contributed by atoms with Crippen LogP contribution in [-0.4, -0.2) is 47.0 Å². The summed E-state index contributed by atoms with van der Waals surface area (Å²) in [6, 6.07) is 13.2. The Morgan fingerprint density at radius 1 is 1.06 bits per heavy atom. The molecule has 1 unspecified atom stereocenters. The minimum Gasteiger partial charge on any atom is -0.493 e. The maximum absolute atomic E-state index is 13.1. The van der Waals surface area contributed by atoms with E-state index in [4.69, 9.17) is 15.2 Å². The molecule has 0 aliphatic rings. The van der Waals surface area contributed by atoms with Crippen molar-refractivity contribution in [3.05, 3.63) is 72.1 Å². The van der Waals surface area contributed by atoms with Gasteiger partial charge in [-0.2, -0.15) is 0 Å². The number of pyridine rings is 1. The van der Waals surface area contributed by atoms with Crippen molar-refractivity contribution < 1.29 is 19.1 Å². The Labute approximate surface area is 190 Å². The normalized spacial score (nSPS) is 11.7. The van der Waals surface area contributed by atoms with Gasteiger partial charge in [-0.15, -0.1) is 0 Å². The predicted molar refractivity (Wildman–Crippen MR) is 123 cm³/mol. The van der Waals surface area contributed by atoms with Crippen molar-refractivity contribution in [2.45, 2.75) is 12.5 Å². The highest BCUT2D eigenvalue weighted by Gasteiger charge is 2.22. The van der Waals surface area contributed by atoms with Crippen molar-refractivity contribution in [3.63, 3.8) is 0 Å². The van der Waals surface area contributed by atoms with Crippen LogP contribution in [0.4, 0.5) is 0 Å². The van der Waals surface area contributed by atoms with Gasteiger partial charge in [0.1, 0.15) is 17.4 Å². The van der Waals surface area contributed by atoms with E-state index in [1.54, 1.807) is 49.8 Å². The van der Waals surface area contributed by atoms with E-state index in [2.05, 4.69) is 20.3 Å². The van der Waals surface area contributed by atoms with E-state index < -0.39 is 17.9 Å². The number of rotatable bonds is 8. The first-order valence-electron chi connectivity index (χ1n) is 10.2. The number of ether oxygens (including phenoxy) is 2. The lowest BCUT2D eigenvalue weighted by molar-refractivity contribution is -0.119. The molecule has 4 N–H and O–H groups in total. The van der Waals surface area contributed by atoms with Gasteiger partial charge in [-0.3, -0.25) is 14.6 Å². The average Bonchev–Trinajstić information content (AvgIpc) is 3.28. The maximum atomic E-state index is 13.1. The summed E-state index contributed by atoms with van der Waals surface area (Å²) in [5.41, 5.74) is 8.73. The first-order valence-corrected chi connectivity index (χ1v) is 10.2. The van der Waals surface area contributed by atoms with E-state index in [-0.39, 0.29) is 6.42 Å². The number of carbonyl (C=O) groups is 2. The number of hydrogen-bond donors (Lipinski definition) is 3. The Bertz CT molecular complexity index is 1300. The second-order valence-corrected chi connectivity index (χ2v) is 7.34. The third kappa shape index (κ3) is 4.62. The van der Waals surface area contributed by atoms with Crippen molar-refractivity contribution in [2.24, 2.45) is 5.73 Å². The number of aromatic amines is 1. The summed E-state index contributed by atoms with van der Waals surface area (Å²) in [6.45, 7) is 0. The van der Waals surface area contributed by atoms with Crippen molar-refractivity contribution in [1.82, 2.24) is 20.3 Å². The van der Waals surface area contributed by atoms with Crippen LogP contribution >= 0.6 is 0 Å². The largest absolute Gasteiger partial charge is 0.493 e. The zero-order valence-corrected chi connectivity index (χ0v) is 18.2. The molecule has 4 aromatic rings. The molecule has 1 atom stereocenters. The minimum absolute atomic E-state index is 0.195. The molecule has 2 aromatic carbocycles. The van der Waals surface area contributed by atoms with Gasteiger partial charge in [-0.25, -0.2) is 4.98 Å². The van der Waals surface area contributed by atoms with E-state index >= 15 is 0 Å². The standard InChI is InChI=1S/C24H23N5O4/c1-32-19-7-6-14(13-20(19)33-2)12-18(22(25)30)28-24(31)16-4-3-5-17-21(16)29-23(27-17)15-8-10-26-11-9-15/h3-11,13,18H,12H2,1-2H3,(H2,25,30)(H,27,29)(H,28,31). The highest BCUT2D eigenvalue weighted by atomic mass is 16.5. The number of methoxy groups -OCH3 is 2. The molecule has 4 rings (SSSR count). The fourth-order valence-electron chi connectivity index (χ4n) is 3.56. The fraction of sp³-hybridized carbons (Fsp3) is 0.167. The van der Waals surface area contributed by atoms with Gasteiger partial charge in [-0.1, -0.05) is 12.1 Å². The maximum Gasteiger partial charge on any atom is 0.254 e. The molecule has 0 spiro atoms. The van der Waals surface area contributed by atoms with Gasteiger partial charge >= 0.3 is 0 Å².